The van der Waals surface area contributed by atoms with Gasteiger partial charge in [0.05, 0.1) is 12.6 Å². The number of pyridine rings is 1. The van der Waals surface area contributed by atoms with Crippen LogP contribution in [0.3, 0.4) is 0 Å². The van der Waals surface area contributed by atoms with Crippen LogP contribution in [0.2, 0.25) is 0 Å². The summed E-state index contributed by atoms with van der Waals surface area (Å²) in [6.45, 7) is 4.86. The standard InChI is InChI=1S/C28H29BrN2O3/c1-3-34-28(33)26-23(29)21-13-12-20-15-22(19-10-5-4-6-11-19)27(32)30-24(20)25(21)31(26)16-18-9-7-8-17(2)14-18/h4-11,14-15,21,23,25-26H,3,12-13,16H2,1-2H3,(H,30,32). The molecule has 4 unspecified atom stereocenters. The highest BCUT2D eigenvalue weighted by atomic mass is 79.9. The van der Waals surface area contributed by atoms with Crippen LogP contribution in [0.15, 0.2) is 65.5 Å². The van der Waals surface area contributed by atoms with Crippen molar-refractivity contribution in [2.75, 3.05) is 6.61 Å². The fourth-order valence-electron chi connectivity index (χ4n) is 5.63. The average Bonchev–Trinajstić information content (AvgIpc) is 3.11. The van der Waals surface area contributed by atoms with Crippen molar-refractivity contribution in [3.63, 3.8) is 0 Å². The molecule has 1 aliphatic carbocycles. The van der Waals surface area contributed by atoms with Crippen molar-refractivity contribution in [3.8, 4) is 11.1 Å². The Bertz CT molecular complexity index is 1260. The number of aromatic nitrogens is 1. The molecule has 4 atom stereocenters. The van der Waals surface area contributed by atoms with E-state index in [2.05, 4.69) is 50.9 Å². The first-order valence-corrected chi connectivity index (χ1v) is 12.8. The molecule has 0 bridgehead atoms. The molecule has 2 aromatic carbocycles. The summed E-state index contributed by atoms with van der Waals surface area (Å²) in [5, 5.41) is 0. The van der Waals surface area contributed by atoms with Crippen molar-refractivity contribution >= 4 is 21.9 Å². The summed E-state index contributed by atoms with van der Waals surface area (Å²) < 4.78 is 5.50. The summed E-state index contributed by atoms with van der Waals surface area (Å²) in [6.07, 6.45) is 1.80. The maximum atomic E-state index is 13.2. The topological polar surface area (TPSA) is 62.4 Å². The number of esters is 1. The normalized spacial score (nSPS) is 23.9. The van der Waals surface area contributed by atoms with Crippen LogP contribution in [-0.4, -0.2) is 33.3 Å². The quantitative estimate of drug-likeness (QED) is 0.372. The van der Waals surface area contributed by atoms with Crippen LogP contribution in [0.4, 0.5) is 0 Å². The molecular formula is C28H29BrN2O3. The van der Waals surface area contributed by atoms with E-state index in [4.69, 9.17) is 4.74 Å². The number of carbonyl (C=O) groups excluding carboxylic acids is 1. The van der Waals surface area contributed by atoms with Gasteiger partial charge in [-0.2, -0.15) is 0 Å². The van der Waals surface area contributed by atoms with E-state index < -0.39 is 6.04 Å². The molecule has 5 rings (SSSR count). The molecule has 6 heteroatoms. The summed E-state index contributed by atoms with van der Waals surface area (Å²) in [6, 6.07) is 19.7. The number of benzene rings is 2. The lowest BCUT2D eigenvalue weighted by Gasteiger charge is -2.34. The number of aryl methyl sites for hydroxylation is 2. The molecule has 3 aromatic rings. The molecule has 0 radical (unpaired) electrons. The molecular weight excluding hydrogens is 492 g/mol. The van der Waals surface area contributed by atoms with E-state index in [0.29, 0.717) is 18.7 Å². The van der Waals surface area contributed by atoms with Crippen LogP contribution < -0.4 is 5.56 Å². The molecule has 5 nitrogen and oxygen atoms in total. The fraction of sp³-hybridized carbons (Fsp3) is 0.357. The van der Waals surface area contributed by atoms with Gasteiger partial charge in [-0.05, 0) is 55.4 Å². The minimum atomic E-state index is -0.418. The van der Waals surface area contributed by atoms with E-state index in [1.807, 2.05) is 49.4 Å². The minimum absolute atomic E-state index is 0.0492. The van der Waals surface area contributed by atoms with Gasteiger partial charge in [-0.25, -0.2) is 0 Å². The number of hydrogen-bond acceptors (Lipinski definition) is 4. The number of rotatable bonds is 5. The van der Waals surface area contributed by atoms with Crippen molar-refractivity contribution in [1.29, 1.82) is 0 Å². The zero-order valence-corrected chi connectivity index (χ0v) is 21.0. The van der Waals surface area contributed by atoms with Gasteiger partial charge in [0.25, 0.3) is 5.56 Å². The van der Waals surface area contributed by atoms with Crippen LogP contribution >= 0.6 is 15.9 Å². The van der Waals surface area contributed by atoms with Crippen molar-refractivity contribution in [3.05, 3.63) is 93.4 Å². The zero-order chi connectivity index (χ0) is 23.8. The Hall–Kier alpha value is -2.70. The van der Waals surface area contributed by atoms with Crippen molar-refractivity contribution in [2.24, 2.45) is 5.92 Å². The van der Waals surface area contributed by atoms with Gasteiger partial charge in [0.1, 0.15) is 6.04 Å². The SMILES string of the molecule is CCOC(=O)C1C(Br)C2CCc3cc(-c4ccccc4)c(=O)[nH]c3C2N1Cc1cccc(C)c1. The Morgan fingerprint density at radius 3 is 2.68 bits per heavy atom. The third kappa shape index (κ3) is 4.14. The number of aromatic amines is 1. The third-order valence-electron chi connectivity index (χ3n) is 7.09. The number of halogens is 1. The Morgan fingerprint density at radius 2 is 1.94 bits per heavy atom. The zero-order valence-electron chi connectivity index (χ0n) is 19.5. The minimum Gasteiger partial charge on any atom is -0.465 e. The van der Waals surface area contributed by atoms with Crippen LogP contribution in [0, 0.1) is 12.8 Å². The lowest BCUT2D eigenvalue weighted by atomic mass is 9.82. The predicted octanol–water partition coefficient (Wildman–Crippen LogP) is 5.16. The maximum absolute atomic E-state index is 13.2. The van der Waals surface area contributed by atoms with E-state index in [0.717, 1.165) is 35.2 Å². The Kier molecular flexibility index (Phi) is 6.45. The molecule has 1 fully saturated rings. The average molecular weight is 521 g/mol. The molecule has 34 heavy (non-hydrogen) atoms. The smallest absolute Gasteiger partial charge is 0.324 e. The molecule has 1 saturated heterocycles. The third-order valence-corrected chi connectivity index (χ3v) is 8.27. The molecule has 2 aliphatic rings. The molecule has 1 N–H and O–H groups in total. The maximum Gasteiger partial charge on any atom is 0.324 e. The first kappa shape index (κ1) is 23.1. The number of carbonyl (C=O) groups is 1. The second-order valence-electron chi connectivity index (χ2n) is 9.27. The lowest BCUT2D eigenvalue weighted by Crippen LogP contribution is -2.42. The van der Waals surface area contributed by atoms with E-state index in [1.54, 1.807) is 0 Å². The van der Waals surface area contributed by atoms with Crippen LogP contribution in [0.1, 0.15) is 41.8 Å². The molecule has 0 amide bonds. The monoisotopic (exact) mass is 520 g/mol. The summed E-state index contributed by atoms with van der Waals surface area (Å²) >= 11 is 3.87. The van der Waals surface area contributed by atoms with Crippen molar-refractivity contribution in [1.82, 2.24) is 9.88 Å². The van der Waals surface area contributed by atoms with Gasteiger partial charge < -0.3 is 9.72 Å². The van der Waals surface area contributed by atoms with Gasteiger partial charge >= 0.3 is 5.97 Å². The first-order chi connectivity index (χ1) is 16.5. The highest BCUT2D eigenvalue weighted by molar-refractivity contribution is 9.09. The molecule has 176 valence electrons. The summed E-state index contributed by atoms with van der Waals surface area (Å²) in [7, 11) is 0. The van der Waals surface area contributed by atoms with Crippen LogP contribution in [-0.2, 0) is 22.5 Å². The number of ether oxygens (including phenoxy) is 1. The highest BCUT2D eigenvalue weighted by Gasteiger charge is 2.54. The second kappa shape index (κ2) is 9.51. The lowest BCUT2D eigenvalue weighted by molar-refractivity contribution is -0.149. The molecule has 0 spiro atoms. The summed E-state index contributed by atoms with van der Waals surface area (Å²) in [5.74, 6) is -0.0128. The number of nitrogens with zero attached hydrogens (tertiary/aromatic N) is 1. The molecule has 1 aliphatic heterocycles. The Balaban J connectivity index is 1.59. The van der Waals surface area contributed by atoms with E-state index in [1.165, 1.54) is 5.56 Å². The Labute approximate surface area is 208 Å². The van der Waals surface area contributed by atoms with Crippen LogP contribution in [0.5, 0.6) is 0 Å². The summed E-state index contributed by atoms with van der Waals surface area (Å²) in [5.41, 5.74) is 5.93. The summed E-state index contributed by atoms with van der Waals surface area (Å²) in [4.78, 5) is 31.7. The molecule has 1 aromatic heterocycles. The number of nitrogens with one attached hydrogen (secondary N) is 1. The number of hydrogen-bond donors (Lipinski definition) is 1. The molecule has 2 heterocycles. The fourth-order valence-corrected chi connectivity index (χ4v) is 6.70. The van der Waals surface area contributed by atoms with E-state index in [9.17, 15) is 9.59 Å². The van der Waals surface area contributed by atoms with Crippen molar-refractivity contribution < 1.29 is 9.53 Å². The van der Waals surface area contributed by atoms with Crippen molar-refractivity contribution in [2.45, 2.75) is 50.1 Å². The van der Waals surface area contributed by atoms with Gasteiger partial charge in [0, 0.05) is 22.6 Å². The van der Waals surface area contributed by atoms with E-state index >= 15 is 0 Å². The van der Waals surface area contributed by atoms with Crippen LogP contribution in [0.25, 0.3) is 11.1 Å². The number of alkyl halides is 1. The second-order valence-corrected chi connectivity index (χ2v) is 10.3. The molecule has 0 saturated carbocycles. The highest BCUT2D eigenvalue weighted by Crippen LogP contribution is 2.50. The van der Waals surface area contributed by atoms with E-state index in [-0.39, 0.29) is 28.3 Å². The number of H-pyrrole nitrogens is 1. The van der Waals surface area contributed by atoms with Gasteiger partial charge in [-0.1, -0.05) is 76.1 Å². The van der Waals surface area contributed by atoms with Gasteiger partial charge in [0.15, 0.2) is 0 Å². The number of likely N-dealkylation sites (tertiary alicyclic amines) is 1. The van der Waals surface area contributed by atoms with Gasteiger partial charge in [-0.15, -0.1) is 0 Å². The van der Waals surface area contributed by atoms with Gasteiger partial charge in [0.2, 0.25) is 0 Å². The largest absolute Gasteiger partial charge is 0.465 e. The van der Waals surface area contributed by atoms with Gasteiger partial charge in [-0.3, -0.25) is 14.5 Å². The first-order valence-electron chi connectivity index (χ1n) is 11.9. The Morgan fingerprint density at radius 1 is 1.15 bits per heavy atom. The number of fused-ring (bicyclic) bond motifs is 3. The predicted molar refractivity (Wildman–Crippen MR) is 137 cm³/mol.